The molecule has 438 valence electrons. The first-order chi connectivity index (χ1) is 37.2. The molecule has 0 aromatic rings. The van der Waals surface area contributed by atoms with Crippen molar-refractivity contribution in [3.8, 4) is 0 Å². The maximum atomic E-state index is 12.9. The van der Waals surface area contributed by atoms with Crippen LogP contribution in [0.3, 0.4) is 0 Å². The molecule has 0 radical (unpaired) electrons. The Morgan fingerprint density at radius 1 is 0.395 bits per heavy atom. The molecule has 0 aliphatic heterocycles. The quantitative estimate of drug-likeness (QED) is 0.0197. The Kier molecular flexibility index (Phi) is 55.3. The lowest BCUT2D eigenvalue weighted by Crippen LogP contribution is -2.30. The summed E-state index contributed by atoms with van der Waals surface area (Å²) in [6.45, 7) is 4.42. The van der Waals surface area contributed by atoms with Gasteiger partial charge in [0.25, 0.3) is 0 Å². The Labute approximate surface area is 464 Å². The van der Waals surface area contributed by atoms with Crippen LogP contribution in [0.4, 0.5) is 0 Å². The zero-order valence-electron chi connectivity index (χ0n) is 48.5. The molecule has 0 fully saturated rings. The molecule has 0 saturated carbocycles. The number of hydrogen-bond acceptors (Lipinski definition) is 10. The maximum absolute atomic E-state index is 12.9. The number of phosphoric acid groups is 1. The highest BCUT2D eigenvalue weighted by Gasteiger charge is 2.28. The minimum Gasteiger partial charge on any atom is -0.461 e. The molecule has 0 saturated heterocycles. The first-order valence-electron chi connectivity index (χ1n) is 30.5. The van der Waals surface area contributed by atoms with E-state index in [1.165, 1.54) is 122 Å². The van der Waals surface area contributed by atoms with Crippen LogP contribution < -0.4 is 0 Å². The van der Waals surface area contributed by atoms with E-state index < -0.39 is 64.4 Å². The zero-order chi connectivity index (χ0) is 55.5. The van der Waals surface area contributed by atoms with Crippen LogP contribution in [0.2, 0.25) is 0 Å². The Hall–Kier alpha value is -3.34. The first-order valence-corrected chi connectivity index (χ1v) is 32.0. The van der Waals surface area contributed by atoms with Gasteiger partial charge in [-0.15, -0.1) is 0 Å². The Morgan fingerprint density at radius 3 is 1.14 bits per heavy atom. The summed E-state index contributed by atoms with van der Waals surface area (Å²) in [5.74, 6) is -1.61. The van der Waals surface area contributed by atoms with Crippen molar-refractivity contribution in [1.82, 2.24) is 0 Å². The molecule has 0 spiro atoms. The number of unbranched alkanes of at least 4 members (excludes halogenated alkanes) is 26. The fourth-order valence-electron chi connectivity index (χ4n) is 8.23. The summed E-state index contributed by atoms with van der Waals surface area (Å²) in [6, 6.07) is 0. The highest BCUT2D eigenvalue weighted by Crippen LogP contribution is 2.43. The van der Waals surface area contributed by atoms with Crippen LogP contribution in [0.5, 0.6) is 0 Å². The Morgan fingerprint density at radius 2 is 0.724 bits per heavy atom. The molecule has 3 unspecified atom stereocenters. The standard InChI is InChI=1S/C64H111O11P/c1-4-7-10-13-16-19-22-25-28-29-30-31-34-37-40-43-46-49-52-55-64(68)75-61(57-71-62(66)53-50-47-44-41-38-35-32-26-23-20-17-14-11-8-5-2)59-73-76(69,70)72-58-60(56-65)74-63(67)54-51-48-45-42-39-36-33-27-24-21-18-15-12-9-6-3/h8,11,16-17,19-20,25-26,28,32,38,41,47,50,60-61,65H,4-7,9-10,12-15,18,21-24,27,29-31,33-37,39-40,42-46,48-49,51-59H2,1-3H3,(H,69,70)/b11-8-,19-16-,20-17-,28-25-,32-26-,41-38-,50-47-. The smallest absolute Gasteiger partial charge is 0.461 e. The fourth-order valence-corrected chi connectivity index (χ4v) is 9.01. The Bertz CT molecular complexity index is 1600. The van der Waals surface area contributed by atoms with E-state index in [-0.39, 0.29) is 19.3 Å². The van der Waals surface area contributed by atoms with Gasteiger partial charge in [-0.05, 0) is 77.0 Å². The summed E-state index contributed by atoms with van der Waals surface area (Å²) in [4.78, 5) is 48.6. The number of rotatable bonds is 56. The molecular weight excluding hydrogens is 976 g/mol. The fraction of sp³-hybridized carbons (Fsp3) is 0.734. The van der Waals surface area contributed by atoms with Crippen molar-refractivity contribution in [3.05, 3.63) is 85.1 Å². The molecule has 76 heavy (non-hydrogen) atoms. The number of phosphoric ester groups is 1. The van der Waals surface area contributed by atoms with Gasteiger partial charge in [0.1, 0.15) is 12.7 Å². The molecule has 0 aliphatic carbocycles. The lowest BCUT2D eigenvalue weighted by Gasteiger charge is -2.21. The minimum absolute atomic E-state index is 0.00787. The van der Waals surface area contributed by atoms with E-state index in [4.69, 9.17) is 23.3 Å². The van der Waals surface area contributed by atoms with Gasteiger partial charge in [0, 0.05) is 12.8 Å². The normalized spacial score (nSPS) is 13.9. The number of carbonyl (C=O) groups is 3. The van der Waals surface area contributed by atoms with Crippen LogP contribution >= 0.6 is 7.82 Å². The van der Waals surface area contributed by atoms with Crippen molar-refractivity contribution >= 4 is 25.7 Å². The average Bonchev–Trinajstić information content (AvgIpc) is 3.41. The number of carbonyl (C=O) groups excluding carboxylic acids is 3. The van der Waals surface area contributed by atoms with E-state index in [1.54, 1.807) is 6.08 Å². The third-order valence-corrected chi connectivity index (χ3v) is 13.8. The number of aliphatic hydroxyl groups is 1. The second kappa shape index (κ2) is 57.8. The summed E-state index contributed by atoms with van der Waals surface area (Å²) < 4.78 is 39.5. The summed E-state index contributed by atoms with van der Waals surface area (Å²) in [7, 11) is -4.77. The molecule has 11 nitrogen and oxygen atoms in total. The monoisotopic (exact) mass is 1090 g/mol. The van der Waals surface area contributed by atoms with Crippen LogP contribution in [0.1, 0.15) is 265 Å². The first kappa shape index (κ1) is 72.7. The van der Waals surface area contributed by atoms with Gasteiger partial charge >= 0.3 is 25.7 Å². The number of ether oxygens (including phenoxy) is 3. The van der Waals surface area contributed by atoms with E-state index >= 15 is 0 Å². The third kappa shape index (κ3) is 55.4. The minimum atomic E-state index is -4.77. The van der Waals surface area contributed by atoms with Crippen molar-refractivity contribution < 1.29 is 52.2 Å². The Balaban J connectivity index is 4.79. The highest BCUT2D eigenvalue weighted by atomic mass is 31.2. The molecule has 3 atom stereocenters. The summed E-state index contributed by atoms with van der Waals surface area (Å²) >= 11 is 0. The van der Waals surface area contributed by atoms with Crippen molar-refractivity contribution in [2.75, 3.05) is 26.4 Å². The van der Waals surface area contributed by atoms with Crippen molar-refractivity contribution in [3.63, 3.8) is 0 Å². The van der Waals surface area contributed by atoms with Crippen LogP contribution in [0, 0.1) is 0 Å². The molecular formula is C64H111O11P. The molecule has 12 heteroatoms. The number of allylic oxidation sites excluding steroid dienone is 13. The third-order valence-electron chi connectivity index (χ3n) is 12.8. The van der Waals surface area contributed by atoms with Gasteiger partial charge in [0.15, 0.2) is 6.10 Å². The van der Waals surface area contributed by atoms with E-state index in [2.05, 4.69) is 87.6 Å². The largest absolute Gasteiger partial charge is 0.472 e. The van der Waals surface area contributed by atoms with Gasteiger partial charge in [0.05, 0.1) is 26.2 Å². The molecule has 0 amide bonds. The van der Waals surface area contributed by atoms with Crippen molar-refractivity contribution in [1.29, 1.82) is 0 Å². The molecule has 0 aromatic heterocycles. The summed E-state index contributed by atoms with van der Waals surface area (Å²) in [5.41, 5.74) is 0. The van der Waals surface area contributed by atoms with Crippen LogP contribution in [-0.2, 0) is 42.2 Å². The molecule has 0 heterocycles. The van der Waals surface area contributed by atoms with Crippen LogP contribution in [-0.4, -0.2) is 66.5 Å². The number of aliphatic hydroxyl groups excluding tert-OH is 1. The summed E-state index contributed by atoms with van der Waals surface area (Å²) in [6.07, 6.45) is 67.1. The summed E-state index contributed by atoms with van der Waals surface area (Å²) in [5, 5.41) is 9.83. The molecule has 0 aromatic carbocycles. The lowest BCUT2D eigenvalue weighted by atomic mass is 10.0. The molecule has 0 rings (SSSR count). The van der Waals surface area contributed by atoms with E-state index in [0.717, 1.165) is 83.5 Å². The SMILES string of the molecule is CC/C=C\C/C=C\C/C=C\C/C=C\C/C=C\CC(=O)OCC(COP(=O)(O)OCC(CO)OC(=O)CCCCCCCCCCCCCCCCC)OC(=O)CCCCCCCCCCC/C=C\C/C=C\CCCCC. The van der Waals surface area contributed by atoms with Gasteiger partial charge < -0.3 is 24.2 Å². The van der Waals surface area contributed by atoms with Gasteiger partial charge in [-0.3, -0.25) is 23.4 Å². The topological polar surface area (TPSA) is 155 Å². The van der Waals surface area contributed by atoms with Crippen molar-refractivity contribution in [2.24, 2.45) is 0 Å². The predicted octanol–water partition coefficient (Wildman–Crippen LogP) is 18.3. The van der Waals surface area contributed by atoms with Crippen LogP contribution in [0.15, 0.2) is 85.1 Å². The maximum Gasteiger partial charge on any atom is 0.472 e. The highest BCUT2D eigenvalue weighted by molar-refractivity contribution is 7.47. The van der Waals surface area contributed by atoms with Gasteiger partial charge in [-0.2, -0.15) is 0 Å². The van der Waals surface area contributed by atoms with Gasteiger partial charge in [-0.1, -0.05) is 254 Å². The second-order valence-electron chi connectivity index (χ2n) is 20.2. The zero-order valence-corrected chi connectivity index (χ0v) is 49.3. The van der Waals surface area contributed by atoms with Crippen molar-refractivity contribution in [2.45, 2.75) is 277 Å². The molecule has 0 bridgehead atoms. The lowest BCUT2D eigenvalue weighted by molar-refractivity contribution is -0.161. The van der Waals surface area contributed by atoms with E-state index in [1.807, 2.05) is 12.2 Å². The second-order valence-corrected chi connectivity index (χ2v) is 21.6. The van der Waals surface area contributed by atoms with Gasteiger partial charge in [-0.25, -0.2) is 4.57 Å². The van der Waals surface area contributed by atoms with Gasteiger partial charge in [0.2, 0.25) is 0 Å². The molecule has 0 aliphatic rings. The number of hydrogen-bond donors (Lipinski definition) is 2. The predicted molar refractivity (Wildman–Crippen MR) is 316 cm³/mol. The van der Waals surface area contributed by atoms with Crippen LogP contribution in [0.25, 0.3) is 0 Å². The van der Waals surface area contributed by atoms with E-state index in [0.29, 0.717) is 19.3 Å². The average molecular weight is 1090 g/mol. The number of esters is 3. The van der Waals surface area contributed by atoms with E-state index in [9.17, 15) is 28.9 Å². The molecule has 2 N–H and O–H groups in total.